The van der Waals surface area contributed by atoms with Gasteiger partial charge in [-0.3, -0.25) is 4.79 Å². The molecular formula is C22H33NO5. The van der Waals surface area contributed by atoms with Gasteiger partial charge in [0.1, 0.15) is 0 Å². The number of unbranched alkanes of at least 4 members (excludes halogenated alkanes) is 1. The molecule has 1 atom stereocenters. The normalized spacial score (nSPS) is 11.9. The van der Waals surface area contributed by atoms with E-state index in [9.17, 15) is 9.59 Å². The molecule has 0 aliphatic carbocycles. The van der Waals surface area contributed by atoms with Crippen LogP contribution < -0.4 is 14.8 Å². The van der Waals surface area contributed by atoms with Crippen molar-refractivity contribution in [3.05, 3.63) is 35.9 Å². The summed E-state index contributed by atoms with van der Waals surface area (Å²) < 4.78 is 15.7. The predicted molar refractivity (Wildman–Crippen MR) is 110 cm³/mol. The Bertz CT molecular complexity index is 642. The van der Waals surface area contributed by atoms with E-state index in [0.29, 0.717) is 37.0 Å². The Kier molecular flexibility index (Phi) is 11.5. The minimum atomic E-state index is -0.481. The summed E-state index contributed by atoms with van der Waals surface area (Å²) in [5.41, 5.74) is 1.01. The van der Waals surface area contributed by atoms with Crippen LogP contribution in [-0.2, 0) is 20.7 Å². The van der Waals surface area contributed by atoms with Crippen LogP contribution in [0.1, 0.15) is 45.1 Å². The van der Waals surface area contributed by atoms with E-state index in [1.54, 1.807) is 14.2 Å². The van der Waals surface area contributed by atoms with Crippen LogP contribution in [0.25, 0.3) is 0 Å². The van der Waals surface area contributed by atoms with Gasteiger partial charge in [-0.05, 0) is 36.5 Å². The van der Waals surface area contributed by atoms with Crippen LogP contribution in [0.15, 0.2) is 30.4 Å². The topological polar surface area (TPSA) is 73.9 Å². The highest BCUT2D eigenvalue weighted by Crippen LogP contribution is 2.27. The molecule has 6 heteroatoms. The van der Waals surface area contributed by atoms with Crippen LogP contribution in [0.5, 0.6) is 11.5 Å². The molecule has 0 aromatic heterocycles. The molecule has 1 aromatic rings. The molecule has 1 amide bonds. The largest absolute Gasteiger partial charge is 0.493 e. The summed E-state index contributed by atoms with van der Waals surface area (Å²) in [7, 11) is 3.17. The number of methoxy groups -OCH3 is 2. The summed E-state index contributed by atoms with van der Waals surface area (Å²) in [4.78, 5) is 23.6. The quantitative estimate of drug-likeness (QED) is 0.410. The highest BCUT2D eigenvalue weighted by atomic mass is 16.5. The number of hydrogen-bond donors (Lipinski definition) is 1. The number of carbonyl (C=O) groups is 2. The van der Waals surface area contributed by atoms with Crippen LogP contribution >= 0.6 is 0 Å². The third kappa shape index (κ3) is 8.93. The maximum atomic E-state index is 11.8. The number of carbonyl (C=O) groups excluding carboxylic acids is 2. The molecule has 1 N–H and O–H groups in total. The van der Waals surface area contributed by atoms with Gasteiger partial charge in [-0.15, -0.1) is 0 Å². The van der Waals surface area contributed by atoms with Crippen molar-refractivity contribution in [2.45, 2.75) is 46.0 Å². The first kappa shape index (κ1) is 23.5. The average Bonchev–Trinajstić information content (AvgIpc) is 2.72. The zero-order valence-corrected chi connectivity index (χ0v) is 17.5. The number of esters is 1. The van der Waals surface area contributed by atoms with Crippen molar-refractivity contribution in [1.82, 2.24) is 5.32 Å². The van der Waals surface area contributed by atoms with E-state index in [-0.39, 0.29) is 5.91 Å². The van der Waals surface area contributed by atoms with Crippen LogP contribution in [-0.4, -0.2) is 39.2 Å². The van der Waals surface area contributed by atoms with Crippen molar-refractivity contribution < 1.29 is 23.8 Å². The molecule has 0 spiro atoms. The maximum absolute atomic E-state index is 11.8. The number of amides is 1. The molecule has 0 aliphatic rings. The van der Waals surface area contributed by atoms with Crippen molar-refractivity contribution in [1.29, 1.82) is 0 Å². The molecule has 28 heavy (non-hydrogen) atoms. The Hall–Kier alpha value is -2.50. The van der Waals surface area contributed by atoms with Crippen molar-refractivity contribution in [3.8, 4) is 11.5 Å². The molecule has 0 saturated heterocycles. The Labute approximate surface area is 168 Å². The van der Waals surface area contributed by atoms with Crippen molar-refractivity contribution in [2.24, 2.45) is 5.92 Å². The van der Waals surface area contributed by atoms with E-state index in [1.165, 1.54) is 12.2 Å². The van der Waals surface area contributed by atoms with Gasteiger partial charge < -0.3 is 19.5 Å². The second-order valence-electron chi connectivity index (χ2n) is 6.61. The zero-order chi connectivity index (χ0) is 20.8. The average molecular weight is 392 g/mol. The molecule has 1 aromatic carbocycles. The Morgan fingerprint density at radius 2 is 1.86 bits per heavy atom. The number of benzene rings is 1. The minimum absolute atomic E-state index is 0.324. The molecule has 0 fully saturated rings. The molecule has 0 saturated carbocycles. The highest BCUT2D eigenvalue weighted by molar-refractivity contribution is 5.94. The number of ether oxygens (including phenoxy) is 3. The van der Waals surface area contributed by atoms with Gasteiger partial charge in [0.25, 0.3) is 0 Å². The highest BCUT2D eigenvalue weighted by Gasteiger charge is 2.09. The van der Waals surface area contributed by atoms with Gasteiger partial charge in [0.15, 0.2) is 11.5 Å². The van der Waals surface area contributed by atoms with Gasteiger partial charge in [0.05, 0.1) is 20.8 Å². The summed E-state index contributed by atoms with van der Waals surface area (Å²) in [5.74, 6) is 0.892. The Morgan fingerprint density at radius 3 is 2.50 bits per heavy atom. The van der Waals surface area contributed by atoms with E-state index in [1.807, 2.05) is 18.2 Å². The molecule has 0 aliphatic heterocycles. The van der Waals surface area contributed by atoms with Crippen molar-refractivity contribution in [2.75, 3.05) is 27.4 Å². The van der Waals surface area contributed by atoms with Crippen LogP contribution in [0, 0.1) is 5.92 Å². The lowest BCUT2D eigenvalue weighted by atomic mass is 10.0. The summed E-state index contributed by atoms with van der Waals surface area (Å²) in [6, 6.07) is 5.63. The summed E-state index contributed by atoms with van der Waals surface area (Å²) in [6.07, 6.45) is 7.33. The van der Waals surface area contributed by atoms with Crippen LogP contribution in [0.2, 0.25) is 0 Å². The molecule has 1 unspecified atom stereocenters. The van der Waals surface area contributed by atoms with E-state index in [4.69, 9.17) is 14.2 Å². The smallest absolute Gasteiger partial charge is 0.330 e. The van der Waals surface area contributed by atoms with Gasteiger partial charge in [-0.25, -0.2) is 4.79 Å². The van der Waals surface area contributed by atoms with Gasteiger partial charge in [-0.2, -0.15) is 0 Å². The van der Waals surface area contributed by atoms with E-state index < -0.39 is 5.97 Å². The molecule has 0 bridgehead atoms. The molecule has 0 heterocycles. The Morgan fingerprint density at radius 1 is 1.11 bits per heavy atom. The number of nitrogens with one attached hydrogen (secondary N) is 1. The predicted octanol–water partition coefficient (Wildman–Crippen LogP) is 3.68. The molecule has 0 radical (unpaired) electrons. The monoisotopic (exact) mass is 391 g/mol. The summed E-state index contributed by atoms with van der Waals surface area (Å²) >= 11 is 0. The molecule has 6 nitrogen and oxygen atoms in total. The summed E-state index contributed by atoms with van der Waals surface area (Å²) in [6.45, 7) is 5.09. The van der Waals surface area contributed by atoms with Gasteiger partial charge in [0.2, 0.25) is 5.91 Å². The molecule has 1 rings (SSSR count). The minimum Gasteiger partial charge on any atom is -0.493 e. The van der Waals surface area contributed by atoms with Crippen LogP contribution in [0.4, 0.5) is 0 Å². The van der Waals surface area contributed by atoms with E-state index in [0.717, 1.165) is 31.2 Å². The third-order valence-electron chi connectivity index (χ3n) is 4.54. The number of rotatable bonds is 13. The second-order valence-corrected chi connectivity index (χ2v) is 6.61. The van der Waals surface area contributed by atoms with Gasteiger partial charge >= 0.3 is 5.97 Å². The molecular weight excluding hydrogens is 358 g/mol. The second kappa shape index (κ2) is 13.6. The third-order valence-corrected chi connectivity index (χ3v) is 4.54. The number of hydrogen-bond acceptors (Lipinski definition) is 5. The lowest BCUT2D eigenvalue weighted by molar-refractivity contribution is -0.139. The fourth-order valence-corrected chi connectivity index (χ4v) is 2.72. The Balaban J connectivity index is 2.34. The first-order chi connectivity index (χ1) is 13.5. The lowest BCUT2D eigenvalue weighted by Crippen LogP contribution is -2.24. The van der Waals surface area contributed by atoms with Crippen molar-refractivity contribution >= 4 is 11.9 Å². The molecule has 156 valence electrons. The van der Waals surface area contributed by atoms with Crippen LogP contribution in [0.3, 0.4) is 0 Å². The first-order valence-corrected chi connectivity index (χ1v) is 9.87. The summed E-state index contributed by atoms with van der Waals surface area (Å²) in [5, 5.41) is 2.75. The first-order valence-electron chi connectivity index (χ1n) is 9.87. The lowest BCUT2D eigenvalue weighted by Gasteiger charge is -2.13. The fourth-order valence-electron chi connectivity index (χ4n) is 2.72. The van der Waals surface area contributed by atoms with E-state index in [2.05, 4.69) is 19.2 Å². The standard InChI is InChI=1S/C22H33NO5/c1-5-7-8-17(6-2)16-28-22(25)12-11-21(24)23-14-13-18-9-10-19(26-3)20(15-18)27-4/h9-12,15,17H,5-8,13-14,16H2,1-4H3,(H,23,24)/b12-11+. The van der Waals surface area contributed by atoms with Crippen molar-refractivity contribution in [3.63, 3.8) is 0 Å². The zero-order valence-electron chi connectivity index (χ0n) is 17.5. The van der Waals surface area contributed by atoms with Gasteiger partial charge in [-0.1, -0.05) is 39.2 Å². The maximum Gasteiger partial charge on any atom is 0.330 e. The SMILES string of the molecule is CCCCC(CC)COC(=O)/C=C/C(=O)NCCc1ccc(OC)c(OC)c1. The van der Waals surface area contributed by atoms with Gasteiger partial charge in [0, 0.05) is 18.7 Å². The fraction of sp³-hybridized carbons (Fsp3) is 0.545. The van der Waals surface area contributed by atoms with E-state index >= 15 is 0 Å².